The molecule has 8 rings (SSSR count). The first kappa shape index (κ1) is 21.2. The molecule has 1 spiro atoms. The quantitative estimate of drug-likeness (QED) is 0.264. The van der Waals surface area contributed by atoms with Gasteiger partial charge in [0.2, 0.25) is 0 Å². The number of anilines is 2. The van der Waals surface area contributed by atoms with Crippen molar-refractivity contribution in [3.05, 3.63) is 168 Å². The third-order valence-electron chi connectivity index (χ3n) is 8.27. The molecule has 0 atom stereocenters. The van der Waals surface area contributed by atoms with Crippen LogP contribution < -0.4 is 5.32 Å². The van der Waals surface area contributed by atoms with Gasteiger partial charge in [0.1, 0.15) is 0 Å². The standard InChI is InChI=1S/C37H25N/c1-2-12-25(13-3-1)26-14-10-15-27(24-26)38-35-23-11-22-34-36(35)30-18-6-9-21-33(30)37(34)31-19-7-4-16-28(31)29-17-5-8-20-32(29)37/h1-24,38H. The van der Waals surface area contributed by atoms with Crippen molar-refractivity contribution >= 4 is 11.4 Å². The highest BCUT2D eigenvalue weighted by Gasteiger charge is 2.51. The van der Waals surface area contributed by atoms with Crippen LogP contribution in [0.1, 0.15) is 22.3 Å². The summed E-state index contributed by atoms with van der Waals surface area (Å²) in [6.45, 7) is 0. The predicted octanol–water partition coefficient (Wildman–Crippen LogP) is 9.44. The molecule has 0 bridgehead atoms. The molecular formula is C37H25N. The lowest BCUT2D eigenvalue weighted by Crippen LogP contribution is -2.25. The number of benzene rings is 6. The molecule has 0 amide bonds. The average molecular weight is 484 g/mol. The van der Waals surface area contributed by atoms with Gasteiger partial charge in [0, 0.05) is 16.9 Å². The highest BCUT2D eigenvalue weighted by atomic mass is 14.9. The summed E-state index contributed by atoms with van der Waals surface area (Å²) >= 11 is 0. The first-order chi connectivity index (χ1) is 18.9. The summed E-state index contributed by atoms with van der Waals surface area (Å²) in [5.41, 5.74) is 15.0. The Hall–Kier alpha value is -4.88. The first-order valence-corrected chi connectivity index (χ1v) is 13.2. The Balaban J connectivity index is 1.36. The fourth-order valence-corrected chi connectivity index (χ4v) is 6.81. The number of fused-ring (bicyclic) bond motifs is 10. The minimum Gasteiger partial charge on any atom is -0.355 e. The molecule has 6 aromatic rings. The second-order valence-corrected chi connectivity index (χ2v) is 10.2. The summed E-state index contributed by atoms with van der Waals surface area (Å²) in [6.07, 6.45) is 0. The molecule has 0 heterocycles. The largest absolute Gasteiger partial charge is 0.355 e. The molecular weight excluding hydrogens is 458 g/mol. The second-order valence-electron chi connectivity index (χ2n) is 10.2. The van der Waals surface area contributed by atoms with Gasteiger partial charge in [-0.15, -0.1) is 0 Å². The first-order valence-electron chi connectivity index (χ1n) is 13.2. The molecule has 1 heteroatoms. The van der Waals surface area contributed by atoms with E-state index in [2.05, 4.69) is 151 Å². The zero-order valence-electron chi connectivity index (χ0n) is 20.9. The molecule has 178 valence electrons. The summed E-state index contributed by atoms with van der Waals surface area (Å²) in [5.74, 6) is 0. The molecule has 0 radical (unpaired) electrons. The van der Waals surface area contributed by atoms with Gasteiger partial charge in [0.05, 0.1) is 5.41 Å². The maximum atomic E-state index is 3.81. The van der Waals surface area contributed by atoms with Crippen LogP contribution in [0, 0.1) is 0 Å². The highest BCUT2D eigenvalue weighted by molar-refractivity contribution is 5.99. The van der Waals surface area contributed by atoms with E-state index in [1.165, 1.54) is 55.6 Å². The molecule has 1 N–H and O–H groups in total. The fraction of sp³-hybridized carbons (Fsp3) is 0.0270. The SMILES string of the molecule is c1ccc(-c2cccc(Nc3cccc4c3-c3ccccc3C43c4ccccc4-c4ccccc43)c2)cc1. The van der Waals surface area contributed by atoms with Crippen molar-refractivity contribution in [2.75, 3.05) is 5.32 Å². The molecule has 0 aromatic heterocycles. The van der Waals surface area contributed by atoms with Crippen LogP contribution in [0.4, 0.5) is 11.4 Å². The molecule has 38 heavy (non-hydrogen) atoms. The van der Waals surface area contributed by atoms with Gasteiger partial charge in [0.25, 0.3) is 0 Å². The van der Waals surface area contributed by atoms with E-state index in [0.717, 1.165) is 11.4 Å². The van der Waals surface area contributed by atoms with Crippen LogP contribution >= 0.6 is 0 Å². The van der Waals surface area contributed by atoms with Crippen molar-refractivity contribution in [3.63, 3.8) is 0 Å². The lowest BCUT2D eigenvalue weighted by atomic mass is 9.70. The van der Waals surface area contributed by atoms with E-state index >= 15 is 0 Å². The Morgan fingerprint density at radius 2 is 0.921 bits per heavy atom. The Labute approximate surface area is 223 Å². The normalized spacial score (nSPS) is 13.5. The van der Waals surface area contributed by atoms with Crippen LogP contribution in [0.3, 0.4) is 0 Å². The molecule has 1 nitrogen and oxygen atoms in total. The monoisotopic (exact) mass is 483 g/mol. The van der Waals surface area contributed by atoms with Crippen molar-refractivity contribution in [1.82, 2.24) is 0 Å². The zero-order chi connectivity index (χ0) is 25.1. The number of hydrogen-bond donors (Lipinski definition) is 1. The predicted molar refractivity (Wildman–Crippen MR) is 158 cm³/mol. The minimum absolute atomic E-state index is 0.317. The van der Waals surface area contributed by atoms with Gasteiger partial charge < -0.3 is 5.32 Å². The Kier molecular flexibility index (Phi) is 4.50. The van der Waals surface area contributed by atoms with E-state index in [0.29, 0.717) is 0 Å². The topological polar surface area (TPSA) is 12.0 Å². The minimum atomic E-state index is -0.317. The summed E-state index contributed by atoms with van der Waals surface area (Å²) in [6, 6.07) is 52.9. The van der Waals surface area contributed by atoms with E-state index in [4.69, 9.17) is 0 Å². The highest BCUT2D eigenvalue weighted by Crippen LogP contribution is 2.63. The third kappa shape index (κ3) is 2.82. The summed E-state index contributed by atoms with van der Waals surface area (Å²) in [5, 5.41) is 3.81. The van der Waals surface area contributed by atoms with Crippen molar-refractivity contribution < 1.29 is 0 Å². The number of nitrogens with one attached hydrogen (secondary N) is 1. The number of hydrogen-bond acceptors (Lipinski definition) is 1. The van der Waals surface area contributed by atoms with Gasteiger partial charge in [-0.2, -0.15) is 0 Å². The molecule has 0 aliphatic heterocycles. The van der Waals surface area contributed by atoms with E-state index in [1.54, 1.807) is 0 Å². The summed E-state index contributed by atoms with van der Waals surface area (Å²) in [7, 11) is 0. The van der Waals surface area contributed by atoms with Crippen LogP contribution in [0.25, 0.3) is 33.4 Å². The van der Waals surface area contributed by atoms with Crippen LogP contribution in [0.15, 0.2) is 146 Å². The molecule has 0 saturated heterocycles. The molecule has 0 saturated carbocycles. The molecule has 2 aliphatic carbocycles. The van der Waals surface area contributed by atoms with Crippen molar-refractivity contribution in [2.24, 2.45) is 0 Å². The third-order valence-corrected chi connectivity index (χ3v) is 8.27. The van der Waals surface area contributed by atoms with Crippen LogP contribution in [-0.4, -0.2) is 0 Å². The maximum absolute atomic E-state index is 3.81. The van der Waals surface area contributed by atoms with Gasteiger partial charge in [-0.25, -0.2) is 0 Å². The van der Waals surface area contributed by atoms with Crippen molar-refractivity contribution in [3.8, 4) is 33.4 Å². The van der Waals surface area contributed by atoms with Crippen LogP contribution in [-0.2, 0) is 5.41 Å². The molecule has 6 aromatic carbocycles. The summed E-state index contributed by atoms with van der Waals surface area (Å²) in [4.78, 5) is 0. The van der Waals surface area contributed by atoms with Gasteiger partial charge in [0.15, 0.2) is 0 Å². The van der Waals surface area contributed by atoms with Gasteiger partial charge in [-0.3, -0.25) is 0 Å². The Bertz CT molecular complexity index is 1800. The van der Waals surface area contributed by atoms with Gasteiger partial charge in [-0.05, 0) is 68.3 Å². The molecule has 0 fully saturated rings. The van der Waals surface area contributed by atoms with Gasteiger partial charge >= 0.3 is 0 Å². The second kappa shape index (κ2) is 8.06. The lowest BCUT2D eigenvalue weighted by Gasteiger charge is -2.30. The molecule has 2 aliphatic rings. The van der Waals surface area contributed by atoms with E-state index in [-0.39, 0.29) is 5.41 Å². The van der Waals surface area contributed by atoms with Crippen LogP contribution in [0.2, 0.25) is 0 Å². The van der Waals surface area contributed by atoms with E-state index in [1.807, 2.05) is 0 Å². The smallest absolute Gasteiger partial charge is 0.0726 e. The van der Waals surface area contributed by atoms with Gasteiger partial charge in [-0.1, -0.05) is 127 Å². The molecule has 0 unspecified atom stereocenters. The number of rotatable bonds is 3. The van der Waals surface area contributed by atoms with E-state index < -0.39 is 0 Å². The lowest BCUT2D eigenvalue weighted by molar-refractivity contribution is 0.794. The fourth-order valence-electron chi connectivity index (χ4n) is 6.81. The van der Waals surface area contributed by atoms with Crippen molar-refractivity contribution in [1.29, 1.82) is 0 Å². The Morgan fingerprint density at radius 1 is 0.395 bits per heavy atom. The van der Waals surface area contributed by atoms with Crippen LogP contribution in [0.5, 0.6) is 0 Å². The zero-order valence-corrected chi connectivity index (χ0v) is 20.9. The van der Waals surface area contributed by atoms with Crippen molar-refractivity contribution in [2.45, 2.75) is 5.41 Å². The average Bonchev–Trinajstić information content (AvgIpc) is 3.46. The maximum Gasteiger partial charge on any atom is 0.0726 e. The van der Waals surface area contributed by atoms with E-state index in [9.17, 15) is 0 Å². The summed E-state index contributed by atoms with van der Waals surface area (Å²) < 4.78 is 0. The Morgan fingerprint density at radius 3 is 1.63 bits per heavy atom.